The highest BCUT2D eigenvalue weighted by molar-refractivity contribution is 5.94. The zero-order chi connectivity index (χ0) is 13.1. The van der Waals surface area contributed by atoms with Gasteiger partial charge >= 0.3 is 0 Å². The quantitative estimate of drug-likeness (QED) is 0.818. The summed E-state index contributed by atoms with van der Waals surface area (Å²) in [7, 11) is 1.68. The van der Waals surface area contributed by atoms with Crippen LogP contribution in [0.25, 0.3) is 0 Å². The summed E-state index contributed by atoms with van der Waals surface area (Å²) in [4.78, 5) is 14.3. The van der Waals surface area contributed by atoms with Crippen molar-refractivity contribution in [1.29, 1.82) is 0 Å². The Kier molecular flexibility index (Phi) is 4.01. The summed E-state index contributed by atoms with van der Waals surface area (Å²) in [6.45, 7) is 5.53. The fourth-order valence-electron chi connectivity index (χ4n) is 2.37. The van der Waals surface area contributed by atoms with E-state index in [1.807, 2.05) is 29.6 Å². The van der Waals surface area contributed by atoms with Gasteiger partial charge in [-0.1, -0.05) is 0 Å². The number of amides is 1. The normalized spacial score (nSPS) is 19.8. The number of rotatable bonds is 4. The molecule has 1 aromatic heterocycles. The minimum atomic E-state index is 0.0708. The number of hydrogen-bond acceptors (Lipinski definition) is 3. The molecule has 18 heavy (non-hydrogen) atoms. The van der Waals surface area contributed by atoms with Crippen LogP contribution in [0.2, 0.25) is 0 Å². The average Bonchev–Trinajstić information content (AvgIpc) is 2.97. The van der Waals surface area contributed by atoms with Gasteiger partial charge in [0.25, 0.3) is 5.91 Å². The Bertz CT molecular complexity index is 414. The smallest absolute Gasteiger partial charge is 0.257 e. The number of methoxy groups -OCH3 is 1. The highest BCUT2D eigenvalue weighted by atomic mass is 16.5. The predicted octanol–water partition coefficient (Wildman–Crippen LogP) is 1.72. The maximum atomic E-state index is 12.4. The van der Waals surface area contributed by atoms with Crippen LogP contribution in [0.4, 0.5) is 0 Å². The van der Waals surface area contributed by atoms with Crippen molar-refractivity contribution in [2.75, 3.05) is 20.3 Å². The molecule has 1 aliphatic heterocycles. The number of carbonyl (C=O) groups excluding carboxylic acids is 1. The summed E-state index contributed by atoms with van der Waals surface area (Å²) in [5.41, 5.74) is 0.673. The van der Waals surface area contributed by atoms with Crippen LogP contribution < -0.4 is 0 Å². The van der Waals surface area contributed by atoms with Crippen LogP contribution in [-0.2, 0) is 4.74 Å². The number of ether oxygens (including phenoxy) is 1. The highest BCUT2D eigenvalue weighted by Gasteiger charge is 2.29. The van der Waals surface area contributed by atoms with E-state index >= 15 is 0 Å². The zero-order valence-corrected chi connectivity index (χ0v) is 11.3. The summed E-state index contributed by atoms with van der Waals surface area (Å²) >= 11 is 0. The third-order valence-electron chi connectivity index (χ3n) is 3.37. The van der Waals surface area contributed by atoms with Gasteiger partial charge in [-0.25, -0.2) is 0 Å². The minimum absolute atomic E-state index is 0.0708. The van der Waals surface area contributed by atoms with Gasteiger partial charge in [0.05, 0.1) is 24.4 Å². The van der Waals surface area contributed by atoms with Crippen molar-refractivity contribution in [2.24, 2.45) is 0 Å². The fraction of sp³-hybridized carbons (Fsp3) is 0.692. The van der Waals surface area contributed by atoms with Crippen LogP contribution in [0, 0.1) is 0 Å². The summed E-state index contributed by atoms with van der Waals surface area (Å²) < 4.78 is 6.98. The van der Waals surface area contributed by atoms with Crippen molar-refractivity contribution in [2.45, 2.75) is 38.8 Å². The van der Waals surface area contributed by atoms with Crippen molar-refractivity contribution < 1.29 is 9.53 Å². The van der Waals surface area contributed by atoms with Gasteiger partial charge in [-0.05, 0) is 26.7 Å². The molecule has 1 amide bonds. The van der Waals surface area contributed by atoms with Gasteiger partial charge in [-0.3, -0.25) is 9.48 Å². The topological polar surface area (TPSA) is 47.4 Å². The van der Waals surface area contributed by atoms with E-state index in [0.29, 0.717) is 12.2 Å². The van der Waals surface area contributed by atoms with Crippen LogP contribution >= 0.6 is 0 Å². The van der Waals surface area contributed by atoms with Crippen LogP contribution in [0.1, 0.15) is 43.1 Å². The molecule has 0 bridgehead atoms. The molecule has 2 rings (SSSR count). The molecule has 5 heteroatoms. The number of aromatic nitrogens is 2. The Morgan fingerprint density at radius 2 is 2.39 bits per heavy atom. The van der Waals surface area contributed by atoms with Gasteiger partial charge in [0.1, 0.15) is 0 Å². The lowest BCUT2D eigenvalue weighted by Gasteiger charge is -2.23. The largest absolute Gasteiger partial charge is 0.383 e. The van der Waals surface area contributed by atoms with Crippen LogP contribution in [0.3, 0.4) is 0 Å². The van der Waals surface area contributed by atoms with Crippen LogP contribution in [0.5, 0.6) is 0 Å². The predicted molar refractivity (Wildman–Crippen MR) is 68.5 cm³/mol. The van der Waals surface area contributed by atoms with Crippen LogP contribution in [0.15, 0.2) is 12.4 Å². The van der Waals surface area contributed by atoms with Gasteiger partial charge in [0.15, 0.2) is 0 Å². The first-order valence-electron chi connectivity index (χ1n) is 6.47. The first kappa shape index (κ1) is 13.1. The second-order valence-electron chi connectivity index (χ2n) is 5.05. The first-order chi connectivity index (χ1) is 8.63. The SMILES string of the molecule is COC[C@@H]1CCCN1C(=O)c1cnn(C(C)C)c1. The maximum absolute atomic E-state index is 12.4. The summed E-state index contributed by atoms with van der Waals surface area (Å²) in [6, 6.07) is 0.491. The molecule has 100 valence electrons. The van der Waals surface area contributed by atoms with E-state index < -0.39 is 0 Å². The third kappa shape index (κ3) is 2.56. The van der Waals surface area contributed by atoms with Gasteiger partial charge in [-0.15, -0.1) is 0 Å². The Morgan fingerprint density at radius 3 is 3.00 bits per heavy atom. The first-order valence-corrected chi connectivity index (χ1v) is 6.47. The van der Waals surface area contributed by atoms with Gasteiger partial charge in [0.2, 0.25) is 0 Å². The van der Waals surface area contributed by atoms with Crippen molar-refractivity contribution in [3.8, 4) is 0 Å². The number of nitrogens with zero attached hydrogens (tertiary/aromatic N) is 3. The summed E-state index contributed by atoms with van der Waals surface area (Å²) in [6.07, 6.45) is 5.57. The van der Waals surface area contributed by atoms with E-state index in [1.165, 1.54) is 0 Å². The molecule has 0 N–H and O–H groups in total. The van der Waals surface area contributed by atoms with E-state index in [-0.39, 0.29) is 18.0 Å². The second-order valence-corrected chi connectivity index (χ2v) is 5.05. The lowest BCUT2D eigenvalue weighted by atomic mass is 10.2. The molecule has 2 heterocycles. The molecule has 1 aliphatic rings. The molecule has 0 aromatic carbocycles. The zero-order valence-electron chi connectivity index (χ0n) is 11.3. The van der Waals surface area contributed by atoms with E-state index in [1.54, 1.807) is 13.3 Å². The van der Waals surface area contributed by atoms with Crippen molar-refractivity contribution >= 4 is 5.91 Å². The molecule has 0 aliphatic carbocycles. The highest BCUT2D eigenvalue weighted by Crippen LogP contribution is 2.20. The fourth-order valence-corrected chi connectivity index (χ4v) is 2.37. The second kappa shape index (κ2) is 5.52. The van der Waals surface area contributed by atoms with E-state index in [4.69, 9.17) is 4.74 Å². The van der Waals surface area contributed by atoms with E-state index in [9.17, 15) is 4.79 Å². The Balaban J connectivity index is 2.09. The molecular weight excluding hydrogens is 230 g/mol. The molecular formula is C13H21N3O2. The third-order valence-corrected chi connectivity index (χ3v) is 3.37. The van der Waals surface area contributed by atoms with Crippen molar-refractivity contribution in [3.63, 3.8) is 0 Å². The number of carbonyl (C=O) groups is 1. The number of hydrogen-bond donors (Lipinski definition) is 0. The van der Waals surface area contributed by atoms with Crippen molar-refractivity contribution in [1.82, 2.24) is 14.7 Å². The van der Waals surface area contributed by atoms with Crippen molar-refractivity contribution in [3.05, 3.63) is 18.0 Å². The lowest BCUT2D eigenvalue weighted by molar-refractivity contribution is 0.0630. The molecule has 1 atom stereocenters. The Morgan fingerprint density at radius 1 is 1.61 bits per heavy atom. The Labute approximate surface area is 108 Å². The molecule has 0 unspecified atom stereocenters. The maximum Gasteiger partial charge on any atom is 0.257 e. The number of likely N-dealkylation sites (tertiary alicyclic amines) is 1. The monoisotopic (exact) mass is 251 g/mol. The molecule has 0 saturated carbocycles. The average molecular weight is 251 g/mol. The molecule has 0 spiro atoms. The molecule has 1 fully saturated rings. The van der Waals surface area contributed by atoms with Gasteiger partial charge < -0.3 is 9.64 Å². The Hall–Kier alpha value is -1.36. The van der Waals surface area contributed by atoms with Crippen LogP contribution in [-0.4, -0.2) is 46.9 Å². The molecule has 1 aromatic rings. The minimum Gasteiger partial charge on any atom is -0.383 e. The molecule has 1 saturated heterocycles. The molecule has 0 radical (unpaired) electrons. The van der Waals surface area contributed by atoms with Gasteiger partial charge in [-0.2, -0.15) is 5.10 Å². The van der Waals surface area contributed by atoms with E-state index in [2.05, 4.69) is 5.10 Å². The van der Waals surface area contributed by atoms with Gasteiger partial charge in [0, 0.05) is 25.9 Å². The molecule has 5 nitrogen and oxygen atoms in total. The summed E-state index contributed by atoms with van der Waals surface area (Å²) in [5.74, 6) is 0.0708. The standard InChI is InChI=1S/C13H21N3O2/c1-10(2)16-8-11(7-14-16)13(17)15-6-4-5-12(15)9-18-3/h7-8,10,12H,4-6,9H2,1-3H3/t12-/m0/s1. The summed E-state index contributed by atoms with van der Waals surface area (Å²) in [5, 5.41) is 4.22. The lowest BCUT2D eigenvalue weighted by Crippen LogP contribution is -2.37. The van der Waals surface area contributed by atoms with E-state index in [0.717, 1.165) is 19.4 Å².